The highest BCUT2D eigenvalue weighted by Crippen LogP contribution is 2.40. The molecule has 0 amide bonds. The summed E-state index contributed by atoms with van der Waals surface area (Å²) < 4.78 is 0. The first kappa shape index (κ1) is 39.5. The van der Waals surface area contributed by atoms with Crippen LogP contribution in [0, 0.1) is 18.8 Å². The first-order valence-corrected chi connectivity index (χ1v) is 19.7. The molecule has 0 radical (unpaired) electrons. The minimum atomic E-state index is 0.636. The third-order valence-corrected chi connectivity index (χ3v) is 10.7. The largest absolute Gasteiger partial charge is 0.389 e. The molecule has 3 nitrogen and oxygen atoms in total. The second-order valence-electron chi connectivity index (χ2n) is 14.7. The fourth-order valence-corrected chi connectivity index (χ4v) is 7.58. The predicted octanol–water partition coefficient (Wildman–Crippen LogP) is 12.4. The molecule has 0 heterocycles. The Hall–Kier alpha value is -2.94. The van der Waals surface area contributed by atoms with E-state index in [1.807, 2.05) is 20.8 Å². The number of allylic oxidation sites excluding steroid dienone is 3. The van der Waals surface area contributed by atoms with Gasteiger partial charge in [-0.05, 0) is 143 Å². The monoisotopic (exact) mass is 654 g/mol. The van der Waals surface area contributed by atoms with E-state index in [9.17, 15) is 0 Å². The molecule has 0 saturated heterocycles. The highest BCUT2D eigenvalue weighted by atomic mass is 15.2. The van der Waals surface area contributed by atoms with Crippen LogP contribution in [0.5, 0.6) is 0 Å². The van der Waals surface area contributed by atoms with Gasteiger partial charge in [0, 0.05) is 49.5 Å². The van der Waals surface area contributed by atoms with Gasteiger partial charge in [0.05, 0.1) is 0 Å². The number of nitrogens with zero attached hydrogens (tertiary/aromatic N) is 2. The van der Waals surface area contributed by atoms with Crippen LogP contribution in [-0.4, -0.2) is 31.1 Å². The maximum Gasteiger partial charge on any atom is 0.0414 e. The lowest BCUT2D eigenvalue weighted by molar-refractivity contribution is 0.323. The van der Waals surface area contributed by atoms with Crippen molar-refractivity contribution in [3.05, 3.63) is 95.5 Å². The van der Waals surface area contributed by atoms with Gasteiger partial charge in [-0.15, -0.1) is 0 Å². The molecular weight excluding hydrogens is 583 g/mol. The van der Waals surface area contributed by atoms with Gasteiger partial charge in [0.1, 0.15) is 0 Å². The fourth-order valence-electron chi connectivity index (χ4n) is 7.58. The molecule has 2 aromatic carbocycles. The summed E-state index contributed by atoms with van der Waals surface area (Å²) in [6, 6.07) is 17.3. The van der Waals surface area contributed by atoms with Crippen molar-refractivity contribution in [2.75, 3.05) is 25.0 Å². The average Bonchev–Trinajstić information content (AvgIpc) is 3.97. The number of benzene rings is 2. The van der Waals surface area contributed by atoms with Crippen LogP contribution in [-0.2, 0) is 6.42 Å². The van der Waals surface area contributed by atoms with E-state index >= 15 is 0 Å². The van der Waals surface area contributed by atoms with Gasteiger partial charge in [0.25, 0.3) is 0 Å². The summed E-state index contributed by atoms with van der Waals surface area (Å²) in [6.45, 7) is 25.5. The van der Waals surface area contributed by atoms with Crippen LogP contribution < -0.4 is 10.2 Å². The Labute approximate surface area is 297 Å². The van der Waals surface area contributed by atoms with Gasteiger partial charge in [0.15, 0.2) is 0 Å². The van der Waals surface area contributed by atoms with Crippen molar-refractivity contribution in [3.63, 3.8) is 0 Å². The summed E-state index contributed by atoms with van der Waals surface area (Å²) in [5.74, 6) is 2.09. The lowest BCUT2D eigenvalue weighted by Gasteiger charge is -2.38. The van der Waals surface area contributed by atoms with E-state index in [-0.39, 0.29) is 0 Å². The third kappa shape index (κ3) is 12.2. The minimum absolute atomic E-state index is 0.636. The van der Waals surface area contributed by atoms with E-state index < -0.39 is 0 Å². The predicted molar refractivity (Wildman–Crippen MR) is 214 cm³/mol. The third-order valence-electron chi connectivity index (χ3n) is 10.7. The molecule has 0 unspecified atom stereocenters. The second kappa shape index (κ2) is 20.5. The van der Waals surface area contributed by atoms with Gasteiger partial charge in [0.2, 0.25) is 0 Å². The van der Waals surface area contributed by atoms with Crippen molar-refractivity contribution in [2.45, 2.75) is 144 Å². The SMILES string of the molecule is C=C(C)NCCC.C=C(C1CCCCC1)N(CC1CCC(c2ccc(CC)c(C)c2)CC1)c1cccc(/C(C)=C/N(C)C2CC2)c1.CC. The van der Waals surface area contributed by atoms with Crippen molar-refractivity contribution in [1.82, 2.24) is 10.2 Å². The van der Waals surface area contributed by atoms with Crippen molar-refractivity contribution in [2.24, 2.45) is 11.8 Å². The minimum Gasteiger partial charge on any atom is -0.389 e. The zero-order chi connectivity index (χ0) is 35.1. The molecule has 0 aliphatic heterocycles. The van der Waals surface area contributed by atoms with Crippen LogP contribution in [0.15, 0.2) is 73.2 Å². The number of nitrogens with one attached hydrogen (secondary N) is 1. The maximum atomic E-state index is 4.77. The van der Waals surface area contributed by atoms with Gasteiger partial charge >= 0.3 is 0 Å². The van der Waals surface area contributed by atoms with Gasteiger partial charge in [-0.3, -0.25) is 0 Å². The molecule has 48 heavy (non-hydrogen) atoms. The highest BCUT2D eigenvalue weighted by molar-refractivity contribution is 5.68. The summed E-state index contributed by atoms with van der Waals surface area (Å²) in [4.78, 5) is 5.05. The molecule has 3 aliphatic carbocycles. The lowest BCUT2D eigenvalue weighted by atomic mass is 9.77. The van der Waals surface area contributed by atoms with Gasteiger partial charge in [-0.25, -0.2) is 0 Å². The Morgan fingerprint density at radius 1 is 0.875 bits per heavy atom. The molecule has 3 heteroatoms. The summed E-state index contributed by atoms with van der Waals surface area (Å²) in [7, 11) is 2.23. The second-order valence-corrected chi connectivity index (χ2v) is 14.7. The van der Waals surface area contributed by atoms with Crippen LogP contribution in [0.1, 0.15) is 147 Å². The number of rotatable bonds is 13. The molecule has 3 aliphatic rings. The van der Waals surface area contributed by atoms with E-state index in [2.05, 4.69) is 105 Å². The van der Waals surface area contributed by atoms with E-state index in [0.717, 1.165) is 43.1 Å². The standard InChI is InChI=1S/C37H52N2.C6H13N.C2H6/c1-6-31-19-20-35(23-27(31)2)33-17-15-30(16-18-33)26-39(29(4)32-11-8-7-9-12-32)37-14-10-13-34(24-37)28(3)25-38(5)36-21-22-36;1-4-5-7-6(2)3;1-2/h10,13-14,19-20,23-25,30,32-33,36H,4,6-9,11-12,15-18,21-22,26H2,1-3,5H3;7H,2,4-5H2,1,3H3;1-2H3/b28-25+;;. The fraction of sp³-hybridized carbons (Fsp3) is 0.600. The van der Waals surface area contributed by atoms with E-state index in [1.165, 1.54) is 111 Å². The molecule has 0 atom stereocenters. The number of hydrogen-bond donors (Lipinski definition) is 1. The van der Waals surface area contributed by atoms with Crippen molar-refractivity contribution >= 4 is 11.3 Å². The summed E-state index contributed by atoms with van der Waals surface area (Å²) in [6.07, 6.45) is 19.3. The van der Waals surface area contributed by atoms with Gasteiger partial charge in [-0.2, -0.15) is 0 Å². The summed E-state index contributed by atoms with van der Waals surface area (Å²) in [5.41, 5.74) is 11.0. The van der Waals surface area contributed by atoms with Crippen LogP contribution >= 0.6 is 0 Å². The molecule has 0 spiro atoms. The molecule has 0 bridgehead atoms. The molecule has 1 N–H and O–H groups in total. The van der Waals surface area contributed by atoms with E-state index in [4.69, 9.17) is 6.58 Å². The molecule has 266 valence electrons. The summed E-state index contributed by atoms with van der Waals surface area (Å²) >= 11 is 0. The number of hydrogen-bond acceptors (Lipinski definition) is 3. The molecule has 0 aromatic heterocycles. The van der Waals surface area contributed by atoms with Crippen LogP contribution in [0.25, 0.3) is 5.57 Å². The number of aryl methyl sites for hydroxylation is 2. The van der Waals surface area contributed by atoms with Crippen molar-refractivity contribution in [3.8, 4) is 0 Å². The highest BCUT2D eigenvalue weighted by Gasteiger charge is 2.28. The zero-order valence-electron chi connectivity index (χ0n) is 32.3. The first-order chi connectivity index (χ1) is 23.2. The van der Waals surface area contributed by atoms with Crippen molar-refractivity contribution < 1.29 is 0 Å². The topological polar surface area (TPSA) is 18.5 Å². The summed E-state index contributed by atoms with van der Waals surface area (Å²) in [5, 5.41) is 3.10. The smallest absolute Gasteiger partial charge is 0.0414 e. The van der Waals surface area contributed by atoms with Crippen LogP contribution in [0.2, 0.25) is 0 Å². The van der Waals surface area contributed by atoms with E-state index in [1.54, 1.807) is 5.56 Å². The maximum absolute atomic E-state index is 4.77. The molecule has 2 aromatic rings. The Bertz CT molecular complexity index is 1290. The Kier molecular flexibility index (Phi) is 16.9. The molecule has 5 rings (SSSR count). The molecule has 3 fully saturated rings. The van der Waals surface area contributed by atoms with E-state index in [0.29, 0.717) is 5.92 Å². The Morgan fingerprint density at radius 2 is 1.56 bits per heavy atom. The first-order valence-electron chi connectivity index (χ1n) is 19.7. The zero-order valence-corrected chi connectivity index (χ0v) is 32.3. The quantitative estimate of drug-likeness (QED) is 0.232. The van der Waals surface area contributed by atoms with Gasteiger partial charge in [-0.1, -0.05) is 90.4 Å². The van der Waals surface area contributed by atoms with Gasteiger partial charge < -0.3 is 15.1 Å². The molecule has 3 saturated carbocycles. The normalized spacial score (nSPS) is 19.6. The lowest BCUT2D eigenvalue weighted by Crippen LogP contribution is -2.34. The van der Waals surface area contributed by atoms with Crippen molar-refractivity contribution in [1.29, 1.82) is 0 Å². The van der Waals surface area contributed by atoms with Crippen LogP contribution in [0.3, 0.4) is 0 Å². The number of anilines is 1. The average molecular weight is 654 g/mol. The van der Waals surface area contributed by atoms with Crippen LogP contribution in [0.4, 0.5) is 5.69 Å². The Morgan fingerprint density at radius 3 is 2.12 bits per heavy atom. The molecular formula is C45H71N3. The Balaban J connectivity index is 0.000000618.